The molecule has 3 aromatic rings. The number of carbonyl (C=O) groups is 1. The quantitative estimate of drug-likeness (QED) is 0.255. The van der Waals surface area contributed by atoms with Gasteiger partial charge in [0.05, 0.1) is 5.75 Å². The zero-order valence-electron chi connectivity index (χ0n) is 19.9. The number of anilines is 1. The minimum absolute atomic E-state index is 0.153. The molecule has 0 spiro atoms. The van der Waals surface area contributed by atoms with Crippen LogP contribution in [-0.4, -0.2) is 36.6 Å². The summed E-state index contributed by atoms with van der Waals surface area (Å²) in [6.07, 6.45) is 7.84. The minimum atomic E-state index is -0.153. The average Bonchev–Trinajstić information content (AvgIpc) is 3.47. The van der Waals surface area contributed by atoms with E-state index in [0.717, 1.165) is 39.7 Å². The third-order valence-corrected chi connectivity index (χ3v) is 8.42. The van der Waals surface area contributed by atoms with Gasteiger partial charge in [-0.25, -0.2) is 0 Å². The Morgan fingerprint density at radius 3 is 2.69 bits per heavy atom. The fourth-order valence-corrected chi connectivity index (χ4v) is 5.87. The molecule has 0 unspecified atom stereocenters. The summed E-state index contributed by atoms with van der Waals surface area (Å²) in [6, 6.07) is 3.80. The second-order valence-corrected chi connectivity index (χ2v) is 10.9. The number of allylic oxidation sites excluding steroid dienone is 1. The number of rotatable bonds is 10. The van der Waals surface area contributed by atoms with Crippen molar-refractivity contribution in [3.8, 4) is 5.75 Å². The van der Waals surface area contributed by atoms with Crippen LogP contribution in [0, 0.1) is 13.8 Å². The number of hydrogen-bond acceptors (Lipinski definition) is 8. The highest BCUT2D eigenvalue weighted by Gasteiger charge is 2.21. The van der Waals surface area contributed by atoms with Crippen molar-refractivity contribution in [2.24, 2.45) is 0 Å². The Morgan fingerprint density at radius 2 is 1.97 bits per heavy atom. The van der Waals surface area contributed by atoms with Crippen molar-refractivity contribution in [3.05, 3.63) is 51.8 Å². The summed E-state index contributed by atoms with van der Waals surface area (Å²) >= 11 is 9.04. The summed E-state index contributed by atoms with van der Waals surface area (Å²) in [6.45, 7) is 8.47. The lowest BCUT2D eigenvalue weighted by molar-refractivity contribution is -0.113. The van der Waals surface area contributed by atoms with E-state index in [9.17, 15) is 4.79 Å². The zero-order valence-corrected chi connectivity index (χ0v) is 22.3. The van der Waals surface area contributed by atoms with E-state index in [1.807, 2.05) is 30.5 Å². The first-order valence-corrected chi connectivity index (χ1v) is 13.8. The first-order chi connectivity index (χ1) is 16.9. The molecule has 1 aromatic carbocycles. The van der Waals surface area contributed by atoms with Gasteiger partial charge in [0.25, 0.3) is 0 Å². The maximum atomic E-state index is 12.5. The molecule has 1 aliphatic carbocycles. The highest BCUT2D eigenvalue weighted by Crippen LogP contribution is 2.35. The van der Waals surface area contributed by atoms with Crippen molar-refractivity contribution in [3.63, 3.8) is 0 Å². The Balaban J connectivity index is 1.34. The van der Waals surface area contributed by atoms with E-state index in [4.69, 9.17) is 16.3 Å². The number of carbonyl (C=O) groups excluding carboxylic acids is 1. The van der Waals surface area contributed by atoms with Crippen molar-refractivity contribution in [2.45, 2.75) is 70.2 Å². The lowest BCUT2D eigenvalue weighted by Gasteiger charge is -2.18. The van der Waals surface area contributed by atoms with Crippen LogP contribution >= 0.6 is 34.7 Å². The first kappa shape index (κ1) is 25.7. The molecular formula is C24H29ClN6O2S2. The molecular weight excluding hydrogens is 504 g/mol. The van der Waals surface area contributed by atoms with E-state index in [0.29, 0.717) is 28.6 Å². The predicted molar refractivity (Wildman–Crippen MR) is 141 cm³/mol. The Labute approximate surface area is 218 Å². The van der Waals surface area contributed by atoms with Gasteiger partial charge in [0.2, 0.25) is 11.0 Å². The Bertz CT molecular complexity index is 1170. The SMILES string of the molecule is C=CCn1c(COc2cc(C)c(Cl)c(C)c2)nnc1SCC(=O)Nc1nnc(C2CCCCC2)s1. The van der Waals surface area contributed by atoms with Crippen LogP contribution in [-0.2, 0) is 17.9 Å². The molecule has 2 heterocycles. The summed E-state index contributed by atoms with van der Waals surface area (Å²) in [5.41, 5.74) is 1.91. The van der Waals surface area contributed by atoms with Crippen molar-refractivity contribution >= 4 is 45.7 Å². The van der Waals surface area contributed by atoms with Crippen LogP contribution in [0.1, 0.15) is 60.0 Å². The van der Waals surface area contributed by atoms with Crippen LogP contribution in [0.3, 0.4) is 0 Å². The van der Waals surface area contributed by atoms with Crippen molar-refractivity contribution in [2.75, 3.05) is 11.1 Å². The highest BCUT2D eigenvalue weighted by atomic mass is 35.5. The molecule has 0 saturated heterocycles. The predicted octanol–water partition coefficient (Wildman–Crippen LogP) is 5.94. The van der Waals surface area contributed by atoms with Crippen molar-refractivity contribution < 1.29 is 9.53 Å². The van der Waals surface area contributed by atoms with Crippen LogP contribution < -0.4 is 10.1 Å². The Kier molecular flexibility index (Phi) is 8.80. The number of halogens is 1. The van der Waals surface area contributed by atoms with E-state index in [2.05, 4.69) is 32.3 Å². The third-order valence-electron chi connectivity index (χ3n) is 5.86. The largest absolute Gasteiger partial charge is 0.486 e. The van der Waals surface area contributed by atoms with E-state index in [1.165, 1.54) is 42.4 Å². The van der Waals surface area contributed by atoms with Crippen molar-refractivity contribution in [1.82, 2.24) is 25.0 Å². The monoisotopic (exact) mass is 532 g/mol. The molecule has 186 valence electrons. The van der Waals surface area contributed by atoms with Crippen LogP contribution in [0.4, 0.5) is 5.13 Å². The summed E-state index contributed by atoms with van der Waals surface area (Å²) in [5.74, 6) is 1.87. The number of nitrogens with zero attached hydrogens (tertiary/aromatic N) is 5. The minimum Gasteiger partial charge on any atom is -0.486 e. The van der Waals surface area contributed by atoms with E-state index >= 15 is 0 Å². The molecule has 0 radical (unpaired) electrons. The van der Waals surface area contributed by atoms with Gasteiger partial charge in [-0.15, -0.1) is 27.0 Å². The van der Waals surface area contributed by atoms with Gasteiger partial charge in [-0.2, -0.15) is 0 Å². The van der Waals surface area contributed by atoms with Gasteiger partial charge in [-0.3, -0.25) is 14.7 Å². The summed E-state index contributed by atoms with van der Waals surface area (Å²) in [7, 11) is 0. The van der Waals surface area contributed by atoms with Crippen LogP contribution in [0.25, 0.3) is 0 Å². The normalized spacial score (nSPS) is 14.1. The average molecular weight is 533 g/mol. The van der Waals surface area contributed by atoms with Gasteiger partial charge in [-0.1, -0.05) is 60.0 Å². The molecule has 1 fully saturated rings. The topological polar surface area (TPSA) is 94.8 Å². The molecule has 1 saturated carbocycles. The molecule has 2 aromatic heterocycles. The number of ether oxygens (including phenoxy) is 1. The second-order valence-electron chi connectivity index (χ2n) is 8.58. The Morgan fingerprint density at radius 1 is 1.23 bits per heavy atom. The van der Waals surface area contributed by atoms with Gasteiger partial charge in [0.15, 0.2) is 11.0 Å². The number of aromatic nitrogens is 5. The number of nitrogens with one attached hydrogen (secondary N) is 1. The number of amides is 1. The van der Waals surface area contributed by atoms with Crippen LogP contribution in [0.15, 0.2) is 29.9 Å². The summed E-state index contributed by atoms with van der Waals surface area (Å²) in [5, 5.41) is 22.8. The molecule has 1 N–H and O–H groups in total. The Hall–Kier alpha value is -2.43. The second kappa shape index (κ2) is 12.0. The van der Waals surface area contributed by atoms with E-state index in [-0.39, 0.29) is 18.3 Å². The fourth-order valence-electron chi connectivity index (χ4n) is 4.07. The maximum absolute atomic E-state index is 12.5. The van der Waals surface area contributed by atoms with Gasteiger partial charge in [-0.05, 0) is 49.9 Å². The number of aryl methyl sites for hydroxylation is 2. The van der Waals surface area contributed by atoms with Gasteiger partial charge in [0.1, 0.15) is 17.4 Å². The summed E-state index contributed by atoms with van der Waals surface area (Å²) < 4.78 is 7.84. The lowest BCUT2D eigenvalue weighted by Crippen LogP contribution is -2.15. The van der Waals surface area contributed by atoms with Gasteiger partial charge in [0, 0.05) is 17.5 Å². The standard InChI is InChI=1S/C24H29ClN6O2S2/c1-4-10-31-19(13-33-18-11-15(2)21(25)16(3)12-18)27-30-24(31)34-14-20(32)26-23-29-28-22(35-23)17-8-6-5-7-9-17/h4,11-12,17H,1,5-10,13-14H2,2-3H3,(H,26,29,32). The maximum Gasteiger partial charge on any atom is 0.236 e. The van der Waals surface area contributed by atoms with Gasteiger partial charge >= 0.3 is 0 Å². The van der Waals surface area contributed by atoms with Crippen LogP contribution in [0.2, 0.25) is 5.02 Å². The smallest absolute Gasteiger partial charge is 0.236 e. The van der Waals surface area contributed by atoms with Crippen LogP contribution in [0.5, 0.6) is 5.75 Å². The fraction of sp³-hybridized carbons (Fsp3) is 0.458. The molecule has 11 heteroatoms. The lowest BCUT2D eigenvalue weighted by atomic mass is 9.90. The molecule has 1 aliphatic rings. The molecule has 8 nitrogen and oxygen atoms in total. The molecule has 4 rings (SSSR count). The number of hydrogen-bond donors (Lipinski definition) is 1. The molecule has 0 aliphatic heterocycles. The van der Waals surface area contributed by atoms with Gasteiger partial charge < -0.3 is 4.74 Å². The van der Waals surface area contributed by atoms with E-state index in [1.54, 1.807) is 6.08 Å². The number of benzene rings is 1. The number of thioether (sulfide) groups is 1. The zero-order chi connectivity index (χ0) is 24.8. The highest BCUT2D eigenvalue weighted by molar-refractivity contribution is 7.99. The first-order valence-electron chi connectivity index (χ1n) is 11.6. The van der Waals surface area contributed by atoms with E-state index < -0.39 is 0 Å². The molecule has 0 bridgehead atoms. The van der Waals surface area contributed by atoms with Crippen molar-refractivity contribution in [1.29, 1.82) is 0 Å². The summed E-state index contributed by atoms with van der Waals surface area (Å²) in [4.78, 5) is 12.5. The third kappa shape index (κ3) is 6.62. The molecule has 35 heavy (non-hydrogen) atoms. The molecule has 0 atom stereocenters. The molecule has 1 amide bonds.